The van der Waals surface area contributed by atoms with Gasteiger partial charge in [-0.25, -0.2) is 4.79 Å². The van der Waals surface area contributed by atoms with Crippen molar-refractivity contribution in [2.45, 2.75) is 24.3 Å². The lowest BCUT2D eigenvalue weighted by atomic mass is 10.1. The Hall–Kier alpha value is -1.16. The van der Waals surface area contributed by atoms with E-state index in [-0.39, 0.29) is 0 Å². The van der Waals surface area contributed by atoms with Gasteiger partial charge in [-0.2, -0.15) is 0 Å². The molecule has 0 radical (unpaired) electrons. The summed E-state index contributed by atoms with van der Waals surface area (Å²) in [6.07, 6.45) is 0.920. The number of carboxylic acids is 1. The molecule has 1 aromatic carbocycles. The Balaban J connectivity index is 2.34. The standard InChI is InChI=1S/C11H13NO2S/c1-2-7-4-3-5-9-10(7)12-8(6-15-9)11(13)14/h3-5,8,12H,2,6H2,1H3,(H,13,14). The van der Waals surface area contributed by atoms with E-state index in [0.29, 0.717) is 5.75 Å². The molecule has 1 unspecified atom stereocenters. The lowest BCUT2D eigenvalue weighted by Gasteiger charge is -2.25. The van der Waals surface area contributed by atoms with Gasteiger partial charge in [-0.3, -0.25) is 0 Å². The van der Waals surface area contributed by atoms with E-state index in [0.717, 1.165) is 17.0 Å². The van der Waals surface area contributed by atoms with Gasteiger partial charge in [0, 0.05) is 10.6 Å². The van der Waals surface area contributed by atoms with Gasteiger partial charge >= 0.3 is 5.97 Å². The van der Waals surface area contributed by atoms with E-state index < -0.39 is 12.0 Å². The Morgan fingerprint density at radius 3 is 3.13 bits per heavy atom. The van der Waals surface area contributed by atoms with Crippen LogP contribution in [0.5, 0.6) is 0 Å². The second-order valence-electron chi connectivity index (χ2n) is 3.49. The molecule has 1 heterocycles. The molecule has 0 fully saturated rings. The Morgan fingerprint density at radius 1 is 1.67 bits per heavy atom. The molecule has 0 amide bonds. The lowest BCUT2D eigenvalue weighted by Crippen LogP contribution is -2.34. The van der Waals surface area contributed by atoms with Crippen molar-refractivity contribution >= 4 is 23.4 Å². The highest BCUT2D eigenvalue weighted by molar-refractivity contribution is 7.99. The average molecular weight is 223 g/mol. The number of benzene rings is 1. The predicted molar refractivity (Wildman–Crippen MR) is 61.6 cm³/mol. The molecule has 0 spiro atoms. The quantitative estimate of drug-likeness (QED) is 0.807. The van der Waals surface area contributed by atoms with Gasteiger partial charge in [0.25, 0.3) is 0 Å². The van der Waals surface area contributed by atoms with Crippen LogP contribution in [0.2, 0.25) is 0 Å². The summed E-state index contributed by atoms with van der Waals surface area (Å²) < 4.78 is 0. The van der Waals surface area contributed by atoms with Crippen LogP contribution in [-0.2, 0) is 11.2 Å². The summed E-state index contributed by atoms with van der Waals surface area (Å²) in [5.74, 6) is -0.186. The zero-order valence-corrected chi connectivity index (χ0v) is 9.30. The zero-order valence-electron chi connectivity index (χ0n) is 8.49. The van der Waals surface area contributed by atoms with E-state index >= 15 is 0 Å². The van der Waals surface area contributed by atoms with E-state index in [1.165, 1.54) is 5.56 Å². The third-order valence-corrected chi connectivity index (χ3v) is 3.67. The van der Waals surface area contributed by atoms with Gasteiger partial charge < -0.3 is 10.4 Å². The van der Waals surface area contributed by atoms with Crippen molar-refractivity contribution in [1.82, 2.24) is 0 Å². The van der Waals surface area contributed by atoms with E-state index in [4.69, 9.17) is 5.11 Å². The molecule has 4 heteroatoms. The van der Waals surface area contributed by atoms with Crippen LogP contribution in [0.15, 0.2) is 23.1 Å². The maximum atomic E-state index is 10.9. The van der Waals surface area contributed by atoms with Crippen LogP contribution in [0, 0.1) is 0 Å². The van der Waals surface area contributed by atoms with E-state index in [1.807, 2.05) is 18.2 Å². The SMILES string of the molecule is CCc1cccc2c1NC(C(=O)O)CS2. The molecular weight excluding hydrogens is 210 g/mol. The molecule has 1 aliphatic rings. The fourth-order valence-electron chi connectivity index (χ4n) is 1.68. The number of rotatable bonds is 2. The summed E-state index contributed by atoms with van der Waals surface area (Å²) in [5.41, 5.74) is 2.19. The van der Waals surface area contributed by atoms with Crippen LogP contribution < -0.4 is 5.32 Å². The van der Waals surface area contributed by atoms with Gasteiger partial charge in [-0.05, 0) is 18.1 Å². The molecule has 1 atom stereocenters. The molecule has 1 aliphatic heterocycles. The lowest BCUT2D eigenvalue weighted by molar-refractivity contribution is -0.137. The van der Waals surface area contributed by atoms with Crippen LogP contribution >= 0.6 is 11.8 Å². The summed E-state index contributed by atoms with van der Waals surface area (Å²) in [5, 5.41) is 12.0. The van der Waals surface area contributed by atoms with E-state index in [9.17, 15) is 4.79 Å². The molecule has 1 aromatic rings. The fraction of sp³-hybridized carbons (Fsp3) is 0.364. The first-order chi connectivity index (χ1) is 7.22. The molecule has 2 N–H and O–H groups in total. The van der Waals surface area contributed by atoms with Gasteiger partial charge in [-0.15, -0.1) is 11.8 Å². The summed E-state index contributed by atoms with van der Waals surface area (Å²) >= 11 is 1.61. The number of fused-ring (bicyclic) bond motifs is 1. The van der Waals surface area contributed by atoms with Gasteiger partial charge in [0.2, 0.25) is 0 Å². The largest absolute Gasteiger partial charge is 0.480 e. The Bertz CT molecular complexity index is 378. The number of thioether (sulfide) groups is 1. The van der Waals surface area contributed by atoms with Gasteiger partial charge in [-0.1, -0.05) is 19.1 Å². The fourth-order valence-corrected chi connectivity index (χ4v) is 2.76. The molecule has 3 nitrogen and oxygen atoms in total. The highest BCUT2D eigenvalue weighted by atomic mass is 32.2. The second-order valence-corrected chi connectivity index (χ2v) is 4.55. The minimum Gasteiger partial charge on any atom is -0.480 e. The summed E-state index contributed by atoms with van der Waals surface area (Å²) in [6, 6.07) is 5.63. The highest BCUT2D eigenvalue weighted by Gasteiger charge is 2.24. The Kier molecular flexibility index (Phi) is 2.86. The minimum absolute atomic E-state index is 0.463. The number of para-hydroxylation sites is 1. The third-order valence-electron chi connectivity index (χ3n) is 2.52. The van der Waals surface area contributed by atoms with Crippen LogP contribution in [0.3, 0.4) is 0 Å². The van der Waals surface area contributed by atoms with Crippen molar-refractivity contribution in [2.75, 3.05) is 11.1 Å². The van der Waals surface area contributed by atoms with Gasteiger partial charge in [0.1, 0.15) is 6.04 Å². The van der Waals surface area contributed by atoms with Gasteiger partial charge in [0.15, 0.2) is 0 Å². The van der Waals surface area contributed by atoms with Crippen LogP contribution in [0.25, 0.3) is 0 Å². The van der Waals surface area contributed by atoms with E-state index in [2.05, 4.69) is 12.2 Å². The second kappa shape index (κ2) is 4.14. The predicted octanol–water partition coefficient (Wildman–Crippen LogP) is 2.22. The molecule has 0 saturated heterocycles. The maximum absolute atomic E-state index is 10.9. The zero-order chi connectivity index (χ0) is 10.8. The smallest absolute Gasteiger partial charge is 0.326 e. The molecular formula is C11H13NO2S. The number of aliphatic carboxylic acids is 1. The number of hydrogen-bond acceptors (Lipinski definition) is 3. The van der Waals surface area contributed by atoms with Crippen LogP contribution in [-0.4, -0.2) is 22.9 Å². The van der Waals surface area contributed by atoms with Crippen molar-refractivity contribution in [1.29, 1.82) is 0 Å². The number of hydrogen-bond donors (Lipinski definition) is 2. The summed E-state index contributed by atoms with van der Waals surface area (Å²) in [4.78, 5) is 12.0. The molecule has 0 aliphatic carbocycles. The maximum Gasteiger partial charge on any atom is 0.326 e. The van der Waals surface area contributed by atoms with Crippen molar-refractivity contribution in [3.8, 4) is 0 Å². The first-order valence-electron chi connectivity index (χ1n) is 4.96. The third kappa shape index (κ3) is 1.95. The van der Waals surface area contributed by atoms with Crippen molar-refractivity contribution in [2.24, 2.45) is 0 Å². The van der Waals surface area contributed by atoms with Gasteiger partial charge in [0.05, 0.1) is 5.69 Å². The number of anilines is 1. The average Bonchev–Trinajstić information content (AvgIpc) is 2.27. The molecule has 0 saturated carbocycles. The highest BCUT2D eigenvalue weighted by Crippen LogP contribution is 2.35. The molecule has 2 rings (SSSR count). The number of aryl methyl sites for hydroxylation is 1. The first kappa shape index (κ1) is 10.4. The minimum atomic E-state index is -0.779. The number of carboxylic acid groups (broad SMARTS) is 1. The van der Waals surface area contributed by atoms with Crippen molar-refractivity contribution in [3.05, 3.63) is 23.8 Å². The van der Waals surface area contributed by atoms with Crippen molar-refractivity contribution in [3.63, 3.8) is 0 Å². The Labute approximate surface area is 92.9 Å². The monoisotopic (exact) mass is 223 g/mol. The number of nitrogens with one attached hydrogen (secondary N) is 1. The summed E-state index contributed by atoms with van der Waals surface area (Å²) in [6.45, 7) is 2.08. The van der Waals surface area contributed by atoms with E-state index in [1.54, 1.807) is 11.8 Å². The Morgan fingerprint density at radius 2 is 2.47 bits per heavy atom. The summed E-state index contributed by atoms with van der Waals surface area (Å²) in [7, 11) is 0. The van der Waals surface area contributed by atoms with Crippen LogP contribution in [0.1, 0.15) is 12.5 Å². The molecule has 80 valence electrons. The molecule has 0 aromatic heterocycles. The topological polar surface area (TPSA) is 49.3 Å². The van der Waals surface area contributed by atoms with Crippen molar-refractivity contribution < 1.29 is 9.90 Å². The number of carbonyl (C=O) groups is 1. The first-order valence-corrected chi connectivity index (χ1v) is 5.95. The molecule has 15 heavy (non-hydrogen) atoms. The van der Waals surface area contributed by atoms with Crippen LogP contribution in [0.4, 0.5) is 5.69 Å². The normalized spacial score (nSPS) is 19.1. The molecule has 0 bridgehead atoms.